The molecule has 0 saturated heterocycles. The normalized spacial score (nSPS) is 14.9. The SMILES string of the molecule is CCNC(=NCCS(=O)C(C)(C)C)NC(C)c1cccs1.I. The van der Waals surface area contributed by atoms with Gasteiger partial charge in [-0.15, -0.1) is 35.3 Å². The van der Waals surface area contributed by atoms with Gasteiger partial charge in [0, 0.05) is 32.7 Å². The Morgan fingerprint density at radius 1 is 1.45 bits per heavy atom. The summed E-state index contributed by atoms with van der Waals surface area (Å²) in [5, 5.41) is 8.69. The lowest BCUT2D eigenvalue weighted by Gasteiger charge is -2.18. The second kappa shape index (κ2) is 10.6. The van der Waals surface area contributed by atoms with Crippen LogP contribution in [0.4, 0.5) is 0 Å². The van der Waals surface area contributed by atoms with Crippen LogP contribution in [0.3, 0.4) is 0 Å². The summed E-state index contributed by atoms with van der Waals surface area (Å²) < 4.78 is 11.8. The van der Waals surface area contributed by atoms with Gasteiger partial charge in [0.1, 0.15) is 0 Å². The third kappa shape index (κ3) is 7.92. The van der Waals surface area contributed by atoms with E-state index in [2.05, 4.69) is 40.1 Å². The molecule has 1 aromatic rings. The van der Waals surface area contributed by atoms with Crippen molar-refractivity contribution in [3.63, 3.8) is 0 Å². The van der Waals surface area contributed by atoms with Crippen LogP contribution in [0.5, 0.6) is 0 Å². The molecule has 128 valence electrons. The molecule has 4 nitrogen and oxygen atoms in total. The molecule has 0 aliphatic rings. The number of nitrogens with one attached hydrogen (secondary N) is 2. The predicted octanol–water partition coefficient (Wildman–Crippen LogP) is 3.53. The number of halogens is 1. The summed E-state index contributed by atoms with van der Waals surface area (Å²) in [7, 11) is -0.860. The summed E-state index contributed by atoms with van der Waals surface area (Å²) >= 11 is 1.73. The van der Waals surface area contributed by atoms with Crippen LogP contribution in [0.15, 0.2) is 22.5 Å². The summed E-state index contributed by atoms with van der Waals surface area (Å²) in [4.78, 5) is 5.80. The molecule has 0 bridgehead atoms. The van der Waals surface area contributed by atoms with Gasteiger partial charge in [-0.3, -0.25) is 9.20 Å². The molecule has 0 aromatic carbocycles. The average Bonchev–Trinajstić information content (AvgIpc) is 2.91. The lowest BCUT2D eigenvalue weighted by molar-refractivity contribution is 0.648. The summed E-state index contributed by atoms with van der Waals surface area (Å²) in [6.07, 6.45) is 0. The van der Waals surface area contributed by atoms with Crippen molar-refractivity contribution < 1.29 is 4.21 Å². The van der Waals surface area contributed by atoms with Crippen LogP contribution in [0.1, 0.15) is 45.5 Å². The molecule has 22 heavy (non-hydrogen) atoms. The van der Waals surface area contributed by atoms with Crippen LogP contribution in [0, 0.1) is 0 Å². The molecule has 0 amide bonds. The molecule has 0 saturated carbocycles. The molecule has 0 spiro atoms. The second-order valence-electron chi connectivity index (χ2n) is 5.80. The summed E-state index contributed by atoms with van der Waals surface area (Å²) in [5.41, 5.74) is 0. The highest BCUT2D eigenvalue weighted by Gasteiger charge is 2.18. The molecule has 2 atom stereocenters. The number of hydrogen-bond acceptors (Lipinski definition) is 3. The van der Waals surface area contributed by atoms with Crippen LogP contribution < -0.4 is 10.6 Å². The highest BCUT2D eigenvalue weighted by molar-refractivity contribution is 14.0. The van der Waals surface area contributed by atoms with Crippen LogP contribution in [0.2, 0.25) is 0 Å². The van der Waals surface area contributed by atoms with Crippen molar-refractivity contribution in [2.75, 3.05) is 18.8 Å². The largest absolute Gasteiger partial charge is 0.357 e. The fourth-order valence-electron chi connectivity index (χ4n) is 1.68. The molecule has 2 N–H and O–H groups in total. The smallest absolute Gasteiger partial charge is 0.191 e. The number of aliphatic imine (C=N–C) groups is 1. The molecule has 2 unspecified atom stereocenters. The third-order valence-electron chi connectivity index (χ3n) is 2.90. The Labute approximate surface area is 158 Å². The van der Waals surface area contributed by atoms with E-state index in [1.165, 1.54) is 4.88 Å². The van der Waals surface area contributed by atoms with Crippen LogP contribution in [-0.4, -0.2) is 33.8 Å². The Hall–Kier alpha value is -0.150. The van der Waals surface area contributed by atoms with Gasteiger partial charge in [0.05, 0.1) is 12.6 Å². The van der Waals surface area contributed by atoms with Crippen molar-refractivity contribution >= 4 is 52.1 Å². The topological polar surface area (TPSA) is 53.5 Å². The van der Waals surface area contributed by atoms with E-state index in [9.17, 15) is 4.21 Å². The van der Waals surface area contributed by atoms with Gasteiger partial charge in [-0.2, -0.15) is 0 Å². The Balaban J connectivity index is 0.00000441. The number of rotatable bonds is 6. The van der Waals surface area contributed by atoms with Gasteiger partial charge in [-0.25, -0.2) is 0 Å². The lowest BCUT2D eigenvalue weighted by atomic mass is 10.3. The zero-order valence-corrected chi connectivity index (χ0v) is 18.0. The van der Waals surface area contributed by atoms with Crippen molar-refractivity contribution in [3.05, 3.63) is 22.4 Å². The first kappa shape index (κ1) is 21.9. The molecule has 0 aliphatic carbocycles. The van der Waals surface area contributed by atoms with Gasteiger partial charge in [-0.1, -0.05) is 6.07 Å². The van der Waals surface area contributed by atoms with E-state index in [0.717, 1.165) is 12.5 Å². The van der Waals surface area contributed by atoms with E-state index in [1.807, 2.05) is 27.7 Å². The molecule has 0 fully saturated rings. The van der Waals surface area contributed by atoms with Gasteiger partial charge in [0.25, 0.3) is 0 Å². The third-order valence-corrected chi connectivity index (χ3v) is 5.87. The van der Waals surface area contributed by atoms with Crippen molar-refractivity contribution in [2.45, 2.75) is 45.4 Å². The van der Waals surface area contributed by atoms with Crippen LogP contribution in [-0.2, 0) is 10.8 Å². The first-order valence-electron chi connectivity index (χ1n) is 7.31. The highest BCUT2D eigenvalue weighted by atomic mass is 127. The van der Waals surface area contributed by atoms with Gasteiger partial charge in [0.2, 0.25) is 0 Å². The number of hydrogen-bond donors (Lipinski definition) is 2. The van der Waals surface area contributed by atoms with E-state index < -0.39 is 10.8 Å². The zero-order chi connectivity index (χ0) is 15.9. The molecule has 1 aromatic heterocycles. The zero-order valence-electron chi connectivity index (χ0n) is 14.0. The van der Waals surface area contributed by atoms with Crippen LogP contribution in [0.25, 0.3) is 0 Å². The fourth-order valence-corrected chi connectivity index (χ4v) is 3.28. The quantitative estimate of drug-likeness (QED) is 0.391. The minimum Gasteiger partial charge on any atom is -0.357 e. The molecular weight excluding hydrogens is 429 g/mol. The first-order valence-corrected chi connectivity index (χ1v) is 9.51. The minimum absolute atomic E-state index is 0. The number of nitrogens with zero attached hydrogens (tertiary/aromatic N) is 1. The maximum absolute atomic E-state index is 12.0. The highest BCUT2D eigenvalue weighted by Crippen LogP contribution is 2.17. The van der Waals surface area contributed by atoms with Crippen molar-refractivity contribution in [2.24, 2.45) is 4.99 Å². The lowest BCUT2D eigenvalue weighted by Crippen LogP contribution is -2.39. The van der Waals surface area contributed by atoms with Gasteiger partial charge < -0.3 is 10.6 Å². The van der Waals surface area contributed by atoms with E-state index in [4.69, 9.17) is 0 Å². The Bertz CT molecular complexity index is 470. The van der Waals surface area contributed by atoms with Crippen molar-refractivity contribution in [1.29, 1.82) is 0 Å². The molecule has 1 heterocycles. The Kier molecular flexibility index (Phi) is 10.5. The van der Waals surface area contributed by atoms with E-state index in [0.29, 0.717) is 12.3 Å². The maximum Gasteiger partial charge on any atom is 0.191 e. The molecular formula is C15H28IN3OS2. The first-order chi connectivity index (χ1) is 9.84. The minimum atomic E-state index is -0.860. The maximum atomic E-state index is 12.0. The van der Waals surface area contributed by atoms with E-state index in [1.54, 1.807) is 11.3 Å². The number of thiophene rings is 1. The summed E-state index contributed by atoms with van der Waals surface area (Å²) in [6, 6.07) is 4.38. The van der Waals surface area contributed by atoms with Gasteiger partial charge >= 0.3 is 0 Å². The molecule has 0 aliphatic heterocycles. The molecule has 7 heteroatoms. The summed E-state index contributed by atoms with van der Waals surface area (Å²) in [6.45, 7) is 11.5. The molecule has 0 radical (unpaired) electrons. The van der Waals surface area contributed by atoms with E-state index in [-0.39, 0.29) is 34.8 Å². The second-order valence-corrected chi connectivity index (χ2v) is 9.11. The van der Waals surface area contributed by atoms with Gasteiger partial charge in [0.15, 0.2) is 5.96 Å². The van der Waals surface area contributed by atoms with Gasteiger partial charge in [-0.05, 0) is 46.1 Å². The monoisotopic (exact) mass is 457 g/mol. The predicted molar refractivity (Wildman–Crippen MR) is 110 cm³/mol. The molecule has 1 rings (SSSR count). The summed E-state index contributed by atoms with van der Waals surface area (Å²) in [5.74, 6) is 1.37. The van der Waals surface area contributed by atoms with Crippen molar-refractivity contribution in [1.82, 2.24) is 10.6 Å². The standard InChI is InChI=1S/C15H27N3OS2.HI/c1-6-16-14(17-9-11-21(19)15(3,4)5)18-12(2)13-8-7-10-20-13;/h7-8,10,12H,6,9,11H2,1-5H3,(H2,16,17,18);1H. The number of guanidine groups is 1. The van der Waals surface area contributed by atoms with Crippen LogP contribution >= 0.6 is 35.3 Å². The average molecular weight is 457 g/mol. The van der Waals surface area contributed by atoms with E-state index >= 15 is 0 Å². The van der Waals surface area contributed by atoms with Crippen molar-refractivity contribution in [3.8, 4) is 0 Å². The Morgan fingerprint density at radius 3 is 2.64 bits per heavy atom. The Morgan fingerprint density at radius 2 is 2.14 bits per heavy atom. The fraction of sp³-hybridized carbons (Fsp3) is 0.667.